The van der Waals surface area contributed by atoms with Crippen molar-refractivity contribution in [3.05, 3.63) is 28.8 Å². The molecule has 0 aromatic heterocycles. The molecule has 0 saturated heterocycles. The standard InChI is InChI=1S/C14H17ClN2O4/c1-2-21-10-6-9(7-10)16-14(20)17-12-4-3-8(13(18)19)5-11(12)15/h3-5,9-10H,2,6-7H2,1H3,(H,18,19)(H2,16,17,20). The van der Waals surface area contributed by atoms with Crippen LogP contribution in [0.2, 0.25) is 5.02 Å². The van der Waals surface area contributed by atoms with Crippen LogP contribution in [-0.4, -0.2) is 35.9 Å². The molecular weight excluding hydrogens is 296 g/mol. The van der Waals surface area contributed by atoms with Crippen LogP contribution in [0.5, 0.6) is 0 Å². The number of ether oxygens (including phenoxy) is 1. The third-order valence-corrected chi connectivity index (χ3v) is 3.61. The van der Waals surface area contributed by atoms with Crippen molar-refractivity contribution in [1.82, 2.24) is 5.32 Å². The number of hydrogen-bond acceptors (Lipinski definition) is 3. The quantitative estimate of drug-likeness (QED) is 0.780. The van der Waals surface area contributed by atoms with Crippen LogP contribution in [0, 0.1) is 0 Å². The van der Waals surface area contributed by atoms with Gasteiger partial charge in [-0.1, -0.05) is 11.6 Å². The summed E-state index contributed by atoms with van der Waals surface area (Å²) in [6.45, 7) is 2.62. The summed E-state index contributed by atoms with van der Waals surface area (Å²) in [4.78, 5) is 22.6. The van der Waals surface area contributed by atoms with Gasteiger partial charge in [0.15, 0.2) is 0 Å². The van der Waals surface area contributed by atoms with E-state index in [1.165, 1.54) is 18.2 Å². The predicted octanol–water partition coefficient (Wildman–Crippen LogP) is 2.73. The number of carbonyl (C=O) groups is 2. The Labute approximate surface area is 127 Å². The molecule has 2 rings (SSSR count). The molecule has 1 aromatic carbocycles. The number of anilines is 1. The molecule has 0 radical (unpaired) electrons. The number of carboxylic acid groups (broad SMARTS) is 1. The van der Waals surface area contributed by atoms with Crippen molar-refractivity contribution < 1.29 is 19.4 Å². The van der Waals surface area contributed by atoms with Gasteiger partial charge < -0.3 is 20.5 Å². The summed E-state index contributed by atoms with van der Waals surface area (Å²) in [6, 6.07) is 3.89. The second-order valence-corrected chi connectivity index (χ2v) is 5.25. The van der Waals surface area contributed by atoms with Gasteiger partial charge in [0.25, 0.3) is 0 Å². The van der Waals surface area contributed by atoms with E-state index in [-0.39, 0.29) is 28.8 Å². The number of nitrogens with one attached hydrogen (secondary N) is 2. The Morgan fingerprint density at radius 2 is 2.14 bits per heavy atom. The highest BCUT2D eigenvalue weighted by Gasteiger charge is 2.30. The normalized spacial score (nSPS) is 20.5. The van der Waals surface area contributed by atoms with Gasteiger partial charge in [0.2, 0.25) is 0 Å². The van der Waals surface area contributed by atoms with Crippen molar-refractivity contribution in [3.8, 4) is 0 Å². The Morgan fingerprint density at radius 3 is 2.71 bits per heavy atom. The summed E-state index contributed by atoms with van der Waals surface area (Å²) in [5.41, 5.74) is 0.448. The summed E-state index contributed by atoms with van der Waals surface area (Å²) < 4.78 is 5.41. The van der Waals surface area contributed by atoms with Crippen LogP contribution >= 0.6 is 11.6 Å². The first-order valence-electron chi connectivity index (χ1n) is 6.71. The molecule has 0 unspecified atom stereocenters. The number of carboxylic acids is 1. The van der Waals surface area contributed by atoms with E-state index in [9.17, 15) is 9.59 Å². The van der Waals surface area contributed by atoms with Crippen molar-refractivity contribution in [2.45, 2.75) is 31.9 Å². The van der Waals surface area contributed by atoms with Gasteiger partial charge in [-0.2, -0.15) is 0 Å². The van der Waals surface area contributed by atoms with Gasteiger partial charge >= 0.3 is 12.0 Å². The average Bonchev–Trinajstić information content (AvgIpc) is 2.38. The predicted molar refractivity (Wildman–Crippen MR) is 79.0 cm³/mol. The third kappa shape index (κ3) is 4.09. The molecule has 7 heteroatoms. The molecule has 2 amide bonds. The SMILES string of the molecule is CCOC1CC(NC(=O)Nc2ccc(C(=O)O)cc2Cl)C1. The highest BCUT2D eigenvalue weighted by atomic mass is 35.5. The van der Waals surface area contributed by atoms with E-state index in [0.717, 1.165) is 12.8 Å². The zero-order valence-electron chi connectivity index (χ0n) is 11.6. The van der Waals surface area contributed by atoms with Crippen molar-refractivity contribution in [2.75, 3.05) is 11.9 Å². The number of benzene rings is 1. The number of halogens is 1. The summed E-state index contributed by atoms with van der Waals surface area (Å²) >= 11 is 5.94. The Balaban J connectivity index is 1.85. The van der Waals surface area contributed by atoms with Gasteiger partial charge in [-0.25, -0.2) is 9.59 Å². The van der Waals surface area contributed by atoms with Gasteiger partial charge in [-0.05, 0) is 38.0 Å². The third-order valence-electron chi connectivity index (χ3n) is 3.30. The Morgan fingerprint density at radius 1 is 1.43 bits per heavy atom. The van der Waals surface area contributed by atoms with E-state index in [4.69, 9.17) is 21.4 Å². The molecule has 0 spiro atoms. The second-order valence-electron chi connectivity index (χ2n) is 4.84. The summed E-state index contributed by atoms with van der Waals surface area (Å²) in [6.07, 6.45) is 1.82. The lowest BCUT2D eigenvalue weighted by atomic mass is 9.89. The number of rotatable bonds is 5. The van der Waals surface area contributed by atoms with E-state index in [2.05, 4.69) is 10.6 Å². The van der Waals surface area contributed by atoms with Gasteiger partial charge in [0.05, 0.1) is 22.4 Å². The maximum Gasteiger partial charge on any atom is 0.335 e. The first-order chi connectivity index (χ1) is 9.99. The van der Waals surface area contributed by atoms with Crippen LogP contribution in [0.25, 0.3) is 0 Å². The van der Waals surface area contributed by atoms with Crippen LogP contribution in [0.4, 0.5) is 10.5 Å². The van der Waals surface area contributed by atoms with Crippen LogP contribution in [-0.2, 0) is 4.74 Å². The molecule has 6 nitrogen and oxygen atoms in total. The first-order valence-corrected chi connectivity index (χ1v) is 7.09. The smallest absolute Gasteiger partial charge is 0.335 e. The maximum absolute atomic E-state index is 11.8. The van der Waals surface area contributed by atoms with Gasteiger partial charge in [0, 0.05) is 12.6 Å². The van der Waals surface area contributed by atoms with Crippen LogP contribution in [0.1, 0.15) is 30.1 Å². The van der Waals surface area contributed by atoms with E-state index in [0.29, 0.717) is 12.3 Å². The summed E-state index contributed by atoms with van der Waals surface area (Å²) in [7, 11) is 0. The fourth-order valence-corrected chi connectivity index (χ4v) is 2.38. The largest absolute Gasteiger partial charge is 0.478 e. The Bertz CT molecular complexity index is 544. The second kappa shape index (κ2) is 6.78. The molecule has 0 bridgehead atoms. The topological polar surface area (TPSA) is 87.7 Å². The van der Waals surface area contributed by atoms with E-state index in [1.807, 2.05) is 6.92 Å². The molecule has 3 N–H and O–H groups in total. The average molecular weight is 313 g/mol. The van der Waals surface area contributed by atoms with E-state index < -0.39 is 5.97 Å². The molecule has 114 valence electrons. The zero-order chi connectivity index (χ0) is 15.4. The lowest BCUT2D eigenvalue weighted by Gasteiger charge is -2.35. The molecule has 0 heterocycles. The summed E-state index contributed by atoms with van der Waals surface area (Å²) in [5, 5.41) is 14.4. The van der Waals surface area contributed by atoms with E-state index in [1.54, 1.807) is 0 Å². The minimum Gasteiger partial charge on any atom is -0.478 e. The van der Waals surface area contributed by atoms with Crippen molar-refractivity contribution in [2.24, 2.45) is 0 Å². The molecule has 21 heavy (non-hydrogen) atoms. The monoisotopic (exact) mass is 312 g/mol. The summed E-state index contributed by atoms with van der Waals surface area (Å²) in [5.74, 6) is -1.07. The van der Waals surface area contributed by atoms with Crippen molar-refractivity contribution >= 4 is 29.3 Å². The molecule has 1 fully saturated rings. The fourth-order valence-electron chi connectivity index (χ4n) is 2.15. The number of carbonyl (C=O) groups excluding carboxylic acids is 1. The molecule has 1 aliphatic carbocycles. The zero-order valence-corrected chi connectivity index (χ0v) is 12.3. The van der Waals surface area contributed by atoms with Crippen LogP contribution in [0.15, 0.2) is 18.2 Å². The molecule has 1 aliphatic rings. The Hall–Kier alpha value is -1.79. The van der Waals surface area contributed by atoms with Crippen molar-refractivity contribution in [1.29, 1.82) is 0 Å². The molecule has 1 aromatic rings. The fraction of sp³-hybridized carbons (Fsp3) is 0.429. The number of aromatic carboxylic acids is 1. The minimum absolute atomic E-state index is 0.0736. The molecule has 1 saturated carbocycles. The van der Waals surface area contributed by atoms with Crippen LogP contribution < -0.4 is 10.6 Å². The molecular formula is C14H17ClN2O4. The van der Waals surface area contributed by atoms with Crippen molar-refractivity contribution in [3.63, 3.8) is 0 Å². The highest BCUT2D eigenvalue weighted by molar-refractivity contribution is 6.34. The number of amides is 2. The van der Waals surface area contributed by atoms with E-state index >= 15 is 0 Å². The number of urea groups is 1. The first kappa shape index (κ1) is 15.6. The lowest BCUT2D eigenvalue weighted by molar-refractivity contribution is -0.00673. The van der Waals surface area contributed by atoms with Crippen LogP contribution in [0.3, 0.4) is 0 Å². The van der Waals surface area contributed by atoms with Gasteiger partial charge in [-0.15, -0.1) is 0 Å². The number of hydrogen-bond donors (Lipinski definition) is 3. The van der Waals surface area contributed by atoms with Gasteiger partial charge in [-0.3, -0.25) is 0 Å². The molecule has 0 atom stereocenters. The maximum atomic E-state index is 11.8. The Kier molecular flexibility index (Phi) is 5.03. The minimum atomic E-state index is -1.07. The van der Waals surface area contributed by atoms with Gasteiger partial charge in [0.1, 0.15) is 0 Å². The lowest BCUT2D eigenvalue weighted by Crippen LogP contribution is -2.49. The molecule has 0 aliphatic heterocycles. The highest BCUT2D eigenvalue weighted by Crippen LogP contribution is 2.25.